The Bertz CT molecular complexity index is 842. The summed E-state index contributed by atoms with van der Waals surface area (Å²) in [6, 6.07) is 13.7. The van der Waals surface area contributed by atoms with E-state index in [2.05, 4.69) is 10.6 Å². The molecule has 0 spiro atoms. The van der Waals surface area contributed by atoms with E-state index in [0.29, 0.717) is 36.2 Å². The van der Waals surface area contributed by atoms with Crippen molar-refractivity contribution in [1.29, 1.82) is 0 Å². The molecule has 0 fully saturated rings. The van der Waals surface area contributed by atoms with Crippen LogP contribution in [-0.2, 0) is 20.8 Å². The zero-order chi connectivity index (χ0) is 22.6. The van der Waals surface area contributed by atoms with Gasteiger partial charge in [-0.3, -0.25) is 9.69 Å². The van der Waals surface area contributed by atoms with E-state index < -0.39 is 18.2 Å². The van der Waals surface area contributed by atoms with E-state index in [1.165, 1.54) is 4.90 Å². The molecule has 0 atom stereocenters. The number of carbonyl (C=O) groups excluding carboxylic acids is 2. The fourth-order valence-electron chi connectivity index (χ4n) is 2.80. The fraction of sp³-hybridized carbons (Fsp3) is 0.364. The van der Waals surface area contributed by atoms with Crippen LogP contribution in [0.1, 0.15) is 19.4 Å². The number of urea groups is 1. The smallest absolute Gasteiger partial charge is 0.322 e. The molecule has 0 aliphatic heterocycles. The predicted octanol–water partition coefficient (Wildman–Crippen LogP) is 3.35. The van der Waals surface area contributed by atoms with Crippen molar-refractivity contribution in [2.75, 3.05) is 36.5 Å². The van der Waals surface area contributed by atoms with Gasteiger partial charge < -0.3 is 25.8 Å². The number of amides is 3. The maximum atomic E-state index is 12.9. The van der Waals surface area contributed by atoms with Gasteiger partial charge >= 0.3 is 6.03 Å². The van der Waals surface area contributed by atoms with Gasteiger partial charge in [0.1, 0.15) is 0 Å². The van der Waals surface area contributed by atoms with Gasteiger partial charge in [-0.05, 0) is 43.7 Å². The Hall–Kier alpha value is -2.65. The molecule has 3 amide bonds. The number of halogens is 1. The van der Waals surface area contributed by atoms with Gasteiger partial charge in [0.05, 0.1) is 23.8 Å². The van der Waals surface area contributed by atoms with Gasteiger partial charge in [0, 0.05) is 25.4 Å². The molecule has 2 aromatic rings. The lowest BCUT2D eigenvalue weighted by Gasteiger charge is -2.27. The summed E-state index contributed by atoms with van der Waals surface area (Å²) in [4.78, 5) is 26.7. The van der Waals surface area contributed by atoms with E-state index in [0.717, 1.165) is 5.56 Å². The standard InChI is InChI=1S/C22H29ClN4O4/c1-3-30-21(31-4-2)15-27(17-11-9-16(13-24)10-12-17)22(29)25-14-20(28)26-19-8-6-5-7-18(19)23/h5-12,21H,3-4,13-15,24H2,1-2H3,(H,25,29)(H,26,28). The third-order valence-corrected chi connectivity index (χ3v) is 4.64. The third-order valence-electron chi connectivity index (χ3n) is 4.31. The molecule has 0 heterocycles. The van der Waals surface area contributed by atoms with E-state index in [1.54, 1.807) is 36.4 Å². The molecule has 8 nitrogen and oxygen atoms in total. The molecule has 2 aromatic carbocycles. The van der Waals surface area contributed by atoms with Crippen LogP contribution in [0.4, 0.5) is 16.2 Å². The number of para-hydroxylation sites is 1. The van der Waals surface area contributed by atoms with Gasteiger partial charge in [-0.1, -0.05) is 35.9 Å². The number of nitrogens with one attached hydrogen (secondary N) is 2. The lowest BCUT2D eigenvalue weighted by atomic mass is 10.2. The van der Waals surface area contributed by atoms with Crippen molar-refractivity contribution >= 4 is 34.9 Å². The molecule has 0 aliphatic rings. The average Bonchev–Trinajstić information content (AvgIpc) is 2.78. The van der Waals surface area contributed by atoms with Gasteiger partial charge in [0.15, 0.2) is 6.29 Å². The molecule has 0 bridgehead atoms. The SMILES string of the molecule is CCOC(CN(C(=O)NCC(=O)Nc1ccccc1Cl)c1ccc(CN)cc1)OCC. The Morgan fingerprint density at radius 1 is 1.06 bits per heavy atom. The molecule has 2 rings (SSSR count). The maximum Gasteiger partial charge on any atom is 0.322 e. The summed E-state index contributed by atoms with van der Waals surface area (Å²) >= 11 is 6.06. The highest BCUT2D eigenvalue weighted by molar-refractivity contribution is 6.33. The molecule has 4 N–H and O–H groups in total. The maximum absolute atomic E-state index is 12.9. The highest BCUT2D eigenvalue weighted by Gasteiger charge is 2.22. The molecule has 9 heteroatoms. The van der Waals surface area contributed by atoms with Gasteiger partial charge in [-0.15, -0.1) is 0 Å². The Morgan fingerprint density at radius 3 is 2.29 bits per heavy atom. The Labute approximate surface area is 187 Å². The van der Waals surface area contributed by atoms with E-state index >= 15 is 0 Å². The molecule has 0 saturated heterocycles. The van der Waals surface area contributed by atoms with Crippen molar-refractivity contribution in [1.82, 2.24) is 5.32 Å². The number of nitrogens with zero attached hydrogens (tertiary/aromatic N) is 1. The number of hydrogen-bond acceptors (Lipinski definition) is 5. The lowest BCUT2D eigenvalue weighted by molar-refractivity contribution is -0.128. The van der Waals surface area contributed by atoms with Crippen LogP contribution in [-0.4, -0.2) is 44.5 Å². The first-order valence-electron chi connectivity index (χ1n) is 10.1. The Kier molecular flexibility index (Phi) is 10.3. The zero-order valence-corrected chi connectivity index (χ0v) is 18.5. The van der Waals surface area contributed by atoms with Crippen LogP contribution in [0, 0.1) is 0 Å². The second-order valence-corrected chi connectivity index (χ2v) is 6.92. The highest BCUT2D eigenvalue weighted by atomic mass is 35.5. The molecular weight excluding hydrogens is 420 g/mol. The van der Waals surface area contributed by atoms with Crippen molar-refractivity contribution in [3.05, 3.63) is 59.1 Å². The topological polar surface area (TPSA) is 106 Å². The van der Waals surface area contributed by atoms with Crippen LogP contribution < -0.4 is 21.3 Å². The summed E-state index contributed by atoms with van der Waals surface area (Å²) in [7, 11) is 0. The zero-order valence-electron chi connectivity index (χ0n) is 17.8. The second-order valence-electron chi connectivity index (χ2n) is 6.51. The minimum absolute atomic E-state index is 0.154. The normalized spacial score (nSPS) is 10.7. The van der Waals surface area contributed by atoms with Crippen molar-refractivity contribution in [2.45, 2.75) is 26.7 Å². The second kappa shape index (κ2) is 12.9. The molecule has 0 aromatic heterocycles. The summed E-state index contributed by atoms with van der Waals surface area (Å²) in [6.45, 7) is 4.90. The number of carbonyl (C=O) groups is 2. The van der Waals surface area contributed by atoms with Gasteiger partial charge in [-0.2, -0.15) is 0 Å². The van der Waals surface area contributed by atoms with Gasteiger partial charge in [0.2, 0.25) is 5.91 Å². The van der Waals surface area contributed by atoms with Crippen LogP contribution in [0.3, 0.4) is 0 Å². The van der Waals surface area contributed by atoms with Crippen LogP contribution in [0.15, 0.2) is 48.5 Å². The number of anilines is 2. The van der Waals surface area contributed by atoms with E-state index in [1.807, 2.05) is 26.0 Å². The van der Waals surface area contributed by atoms with E-state index in [-0.39, 0.29) is 13.1 Å². The highest BCUT2D eigenvalue weighted by Crippen LogP contribution is 2.20. The predicted molar refractivity (Wildman–Crippen MR) is 122 cm³/mol. The van der Waals surface area contributed by atoms with Crippen molar-refractivity contribution in [3.63, 3.8) is 0 Å². The molecule has 31 heavy (non-hydrogen) atoms. The number of nitrogens with two attached hydrogens (primary N) is 1. The van der Waals surface area contributed by atoms with Gasteiger partial charge in [0.25, 0.3) is 0 Å². The first-order valence-corrected chi connectivity index (χ1v) is 10.5. The number of hydrogen-bond donors (Lipinski definition) is 3. The summed E-state index contributed by atoms with van der Waals surface area (Å²) in [5.41, 5.74) is 7.71. The summed E-state index contributed by atoms with van der Waals surface area (Å²) < 4.78 is 11.2. The third kappa shape index (κ3) is 7.84. The van der Waals surface area contributed by atoms with Crippen LogP contribution >= 0.6 is 11.6 Å². The number of ether oxygens (including phenoxy) is 2. The molecule has 0 radical (unpaired) electrons. The molecule has 168 valence electrons. The quantitative estimate of drug-likeness (QED) is 0.457. The lowest BCUT2D eigenvalue weighted by Crippen LogP contribution is -2.47. The molecular formula is C22H29ClN4O4. The van der Waals surface area contributed by atoms with Crippen LogP contribution in [0.2, 0.25) is 5.02 Å². The Morgan fingerprint density at radius 2 is 1.71 bits per heavy atom. The van der Waals surface area contributed by atoms with Crippen molar-refractivity contribution in [3.8, 4) is 0 Å². The molecule has 0 unspecified atom stereocenters. The van der Waals surface area contributed by atoms with Crippen molar-refractivity contribution < 1.29 is 19.1 Å². The van der Waals surface area contributed by atoms with E-state index in [9.17, 15) is 9.59 Å². The largest absolute Gasteiger partial charge is 0.351 e. The molecule has 0 aliphatic carbocycles. The average molecular weight is 449 g/mol. The first kappa shape index (κ1) is 24.6. The van der Waals surface area contributed by atoms with Crippen molar-refractivity contribution in [2.24, 2.45) is 5.73 Å². The summed E-state index contributed by atoms with van der Waals surface area (Å²) in [5.74, 6) is -0.397. The van der Waals surface area contributed by atoms with Crippen LogP contribution in [0.25, 0.3) is 0 Å². The first-order chi connectivity index (χ1) is 15.0. The fourth-order valence-corrected chi connectivity index (χ4v) is 2.98. The minimum Gasteiger partial charge on any atom is -0.351 e. The van der Waals surface area contributed by atoms with Gasteiger partial charge in [-0.25, -0.2) is 4.79 Å². The molecule has 0 saturated carbocycles. The Balaban J connectivity index is 2.08. The number of rotatable bonds is 11. The summed E-state index contributed by atoms with van der Waals surface area (Å²) in [5, 5.41) is 5.73. The minimum atomic E-state index is -0.605. The van der Waals surface area contributed by atoms with Crippen LogP contribution in [0.5, 0.6) is 0 Å². The monoisotopic (exact) mass is 448 g/mol. The number of benzene rings is 2. The van der Waals surface area contributed by atoms with E-state index in [4.69, 9.17) is 26.8 Å². The summed E-state index contributed by atoms with van der Waals surface area (Å²) in [6.07, 6.45) is -0.605.